The Morgan fingerprint density at radius 1 is 1.06 bits per heavy atom. The normalized spacial score (nSPS) is 27.5. The predicted octanol–water partition coefficient (Wildman–Crippen LogP) is 8.88. The van der Waals surface area contributed by atoms with Crippen LogP contribution in [0.4, 0.5) is 0 Å². The molecule has 0 radical (unpaired) electrons. The molecule has 1 heterocycles. The van der Waals surface area contributed by atoms with E-state index >= 15 is 0 Å². The van der Waals surface area contributed by atoms with E-state index in [-0.39, 0.29) is 34.3 Å². The lowest BCUT2D eigenvalue weighted by molar-refractivity contribution is -0.302. The van der Waals surface area contributed by atoms with Crippen molar-refractivity contribution in [1.29, 1.82) is 0 Å². The van der Waals surface area contributed by atoms with Crippen molar-refractivity contribution in [3.63, 3.8) is 0 Å². The summed E-state index contributed by atoms with van der Waals surface area (Å²) in [6, 6.07) is 0. The molecule has 4 nitrogen and oxygen atoms in total. The van der Waals surface area contributed by atoms with E-state index in [9.17, 15) is 0 Å². The third-order valence-electron chi connectivity index (χ3n) is 8.50. The first-order valence-corrected chi connectivity index (χ1v) is 20.6. The van der Waals surface area contributed by atoms with Gasteiger partial charge >= 0.3 is 0 Å². The van der Waals surface area contributed by atoms with E-state index in [1.54, 1.807) is 7.11 Å². The van der Waals surface area contributed by atoms with Crippen LogP contribution in [0, 0.1) is 5.92 Å². The molecule has 0 bridgehead atoms. The van der Waals surface area contributed by atoms with E-state index in [4.69, 9.17) is 18.3 Å². The number of hydrogen-bond donors (Lipinski definition) is 0. The van der Waals surface area contributed by atoms with Gasteiger partial charge < -0.3 is 18.3 Å². The molecule has 0 saturated carbocycles. The van der Waals surface area contributed by atoms with Gasteiger partial charge in [0.05, 0.1) is 18.3 Å². The van der Waals surface area contributed by atoms with Crippen molar-refractivity contribution in [2.75, 3.05) is 11.5 Å². The summed E-state index contributed by atoms with van der Waals surface area (Å²) in [5, 5.41) is 0.269. The van der Waals surface area contributed by atoms with Gasteiger partial charge in [-0.1, -0.05) is 76.3 Å². The molecule has 0 aliphatic carbocycles. The molecule has 0 spiro atoms. The van der Waals surface area contributed by atoms with E-state index in [0.717, 1.165) is 23.7 Å². The Bertz CT molecular complexity index is 683. The van der Waals surface area contributed by atoms with Crippen molar-refractivity contribution in [2.45, 2.75) is 134 Å². The highest BCUT2D eigenvalue weighted by Gasteiger charge is 2.51. The maximum absolute atomic E-state index is 7.04. The number of halogens is 1. The molecule has 206 valence electrons. The average molecular weight is 639 g/mol. The quantitative estimate of drug-likeness (QED) is 0.0874. The van der Waals surface area contributed by atoms with Gasteiger partial charge in [0.25, 0.3) is 0 Å². The van der Waals surface area contributed by atoms with E-state index in [2.05, 4.69) is 103 Å². The van der Waals surface area contributed by atoms with Crippen molar-refractivity contribution in [1.82, 2.24) is 0 Å². The van der Waals surface area contributed by atoms with Crippen molar-refractivity contribution in [3.05, 3.63) is 25.3 Å². The first-order valence-electron chi connectivity index (χ1n) is 13.3. The van der Waals surface area contributed by atoms with Crippen molar-refractivity contribution >= 4 is 39.2 Å². The number of alkyl halides is 1. The molecule has 35 heavy (non-hydrogen) atoms. The molecule has 7 heteroatoms. The fourth-order valence-electron chi connectivity index (χ4n) is 4.23. The molecule has 1 rings (SSSR count). The lowest BCUT2D eigenvalue weighted by atomic mass is 9.84. The smallest absolute Gasteiger partial charge is 0.192 e. The number of hydrogen-bond acceptors (Lipinski definition) is 4. The summed E-state index contributed by atoms with van der Waals surface area (Å²) < 4.78 is 28.2. The predicted molar refractivity (Wildman–Crippen MR) is 165 cm³/mol. The zero-order chi connectivity index (χ0) is 27.3. The number of methoxy groups -OCH3 is 1. The van der Waals surface area contributed by atoms with Crippen LogP contribution in [0.2, 0.25) is 36.3 Å². The Hall–Kier alpha value is 0.484. The van der Waals surface area contributed by atoms with Gasteiger partial charge in [0, 0.05) is 25.9 Å². The number of ether oxygens (including phenoxy) is 2. The van der Waals surface area contributed by atoms with E-state index in [1.165, 1.54) is 0 Å². The van der Waals surface area contributed by atoms with Gasteiger partial charge in [-0.3, -0.25) is 0 Å². The molecule has 1 aliphatic rings. The summed E-state index contributed by atoms with van der Waals surface area (Å²) in [7, 11) is -2.18. The Balaban J connectivity index is 3.38. The molecule has 5 atom stereocenters. The molecule has 0 N–H and O–H groups in total. The lowest BCUT2D eigenvalue weighted by Crippen LogP contribution is -2.58. The lowest BCUT2D eigenvalue weighted by Gasteiger charge is -2.51. The van der Waals surface area contributed by atoms with Crippen LogP contribution in [0.25, 0.3) is 0 Å². The fraction of sp³-hybridized carbons (Fsp3) is 0.857. The highest BCUT2D eigenvalue weighted by molar-refractivity contribution is 14.1. The second-order valence-electron chi connectivity index (χ2n) is 13.3. The number of rotatable bonds is 13. The minimum atomic E-state index is -2.01. The van der Waals surface area contributed by atoms with Gasteiger partial charge in [0.2, 0.25) is 0 Å². The average Bonchev–Trinajstić information content (AvgIpc) is 2.70. The molecule has 0 unspecified atom stereocenters. The molecule has 0 aromatic heterocycles. The molecule has 0 aromatic carbocycles. The monoisotopic (exact) mass is 638 g/mol. The largest absolute Gasteiger partial charge is 0.414 e. The second kappa shape index (κ2) is 13.0. The third kappa shape index (κ3) is 9.03. The SMILES string of the molecule is C=CC[C@@H]1O[C@@](C[C@H](CCCI)O[Si](C)(C)C(C)(C)C)(OC)C[C@H](O[Si](C)(C)C(C)(C)C)[C@H]1C=C. The van der Waals surface area contributed by atoms with Crippen molar-refractivity contribution in [3.8, 4) is 0 Å². The fourth-order valence-corrected chi connectivity index (χ4v) is 7.41. The maximum atomic E-state index is 7.04. The van der Waals surface area contributed by atoms with Crippen LogP contribution in [-0.2, 0) is 18.3 Å². The van der Waals surface area contributed by atoms with Crippen LogP contribution in [0.1, 0.15) is 73.6 Å². The highest BCUT2D eigenvalue weighted by Crippen LogP contribution is 2.46. The second-order valence-corrected chi connectivity index (χ2v) is 23.9. The van der Waals surface area contributed by atoms with Crippen molar-refractivity contribution in [2.24, 2.45) is 5.92 Å². The summed E-state index contributed by atoms with van der Waals surface area (Å²) in [4.78, 5) is 0. The van der Waals surface area contributed by atoms with E-state index in [1.807, 2.05) is 12.2 Å². The minimum absolute atomic E-state index is 0.00913. The van der Waals surface area contributed by atoms with E-state index < -0.39 is 22.4 Å². The molecule has 1 saturated heterocycles. The molecule has 0 amide bonds. The summed E-state index contributed by atoms with van der Waals surface area (Å²) in [5.41, 5.74) is 0. The van der Waals surface area contributed by atoms with Crippen LogP contribution in [0.3, 0.4) is 0 Å². The topological polar surface area (TPSA) is 36.9 Å². The van der Waals surface area contributed by atoms with Gasteiger partial charge in [-0.25, -0.2) is 0 Å². The van der Waals surface area contributed by atoms with Gasteiger partial charge in [0.15, 0.2) is 22.4 Å². The summed E-state index contributed by atoms with van der Waals surface area (Å²) in [6.45, 7) is 31.3. The van der Waals surface area contributed by atoms with Gasteiger partial charge in [-0.05, 0) is 60.0 Å². The van der Waals surface area contributed by atoms with Crippen LogP contribution in [0.15, 0.2) is 25.3 Å². The van der Waals surface area contributed by atoms with Gasteiger partial charge in [-0.15, -0.1) is 13.2 Å². The first-order chi connectivity index (χ1) is 15.9. The molecule has 1 aliphatic heterocycles. The zero-order valence-corrected chi connectivity index (χ0v) is 28.8. The zero-order valence-electron chi connectivity index (χ0n) is 24.6. The van der Waals surface area contributed by atoms with Crippen LogP contribution >= 0.6 is 22.6 Å². The van der Waals surface area contributed by atoms with Gasteiger partial charge in [-0.2, -0.15) is 0 Å². The summed E-state index contributed by atoms with van der Waals surface area (Å²) in [5.74, 6) is -0.655. The molecular formula is C28H55IO4Si2. The van der Waals surface area contributed by atoms with Gasteiger partial charge in [0.1, 0.15) is 0 Å². The van der Waals surface area contributed by atoms with Crippen LogP contribution in [0.5, 0.6) is 0 Å². The molecule has 1 fully saturated rings. The maximum Gasteiger partial charge on any atom is 0.192 e. The summed E-state index contributed by atoms with van der Waals surface area (Å²) in [6.07, 6.45) is 8.22. The first kappa shape index (κ1) is 33.5. The Labute approximate surface area is 233 Å². The highest BCUT2D eigenvalue weighted by atomic mass is 127. The van der Waals surface area contributed by atoms with Crippen LogP contribution < -0.4 is 0 Å². The van der Waals surface area contributed by atoms with E-state index in [0.29, 0.717) is 12.8 Å². The third-order valence-corrected chi connectivity index (χ3v) is 18.3. The van der Waals surface area contributed by atoms with Crippen molar-refractivity contribution < 1.29 is 18.3 Å². The Morgan fingerprint density at radius 2 is 1.63 bits per heavy atom. The Morgan fingerprint density at radius 3 is 2.06 bits per heavy atom. The Kier molecular flexibility index (Phi) is 12.5. The minimum Gasteiger partial charge on any atom is -0.414 e. The molecular weight excluding hydrogens is 583 g/mol. The summed E-state index contributed by atoms with van der Waals surface area (Å²) >= 11 is 2.46. The standard InChI is InChI=1S/C28H55IO4Si2/c1-14-17-24-23(15-2)25(33-35(12,13)27(6,7)8)21-28(30-9,31-24)20-22(18-16-19-29)32-34(10,11)26(3,4)5/h14-15,22-25H,1-2,16-21H2,3-13H3/t22-,23-,24-,25-,28+/m0/s1. The van der Waals surface area contributed by atoms with Crippen LogP contribution in [-0.4, -0.2) is 52.3 Å². The molecule has 0 aromatic rings.